The van der Waals surface area contributed by atoms with Gasteiger partial charge in [0.05, 0.1) is 0 Å². The van der Waals surface area contributed by atoms with E-state index >= 15 is 0 Å². The van der Waals surface area contributed by atoms with Crippen LogP contribution in [0, 0.1) is 0 Å². The highest BCUT2D eigenvalue weighted by Crippen LogP contribution is 1.79. The zero-order valence-electron chi connectivity index (χ0n) is 9.08. The second-order valence-corrected chi connectivity index (χ2v) is 6.31. The topological polar surface area (TPSA) is 0 Å². The van der Waals surface area contributed by atoms with E-state index in [2.05, 4.69) is 72.0 Å². The first-order valence-corrected chi connectivity index (χ1v) is 7.89. The van der Waals surface area contributed by atoms with E-state index in [9.17, 15) is 0 Å². The van der Waals surface area contributed by atoms with Gasteiger partial charge in [0.15, 0.2) is 0 Å². The standard InChI is InChI=1S/C14H14Si2/c1-3-7-13(8-4-1)15-11-12-16-14-9-5-2-6-10-14/h1-12,15-16H. The molecule has 16 heavy (non-hydrogen) atoms. The molecule has 0 aliphatic rings. The van der Waals surface area contributed by atoms with E-state index in [1.807, 2.05) is 0 Å². The summed E-state index contributed by atoms with van der Waals surface area (Å²) in [6.45, 7) is 0. The minimum Gasteiger partial charge on any atom is -0.0844 e. The number of rotatable bonds is 3. The second-order valence-electron chi connectivity index (χ2n) is 3.54. The smallest absolute Gasteiger partial charge is 0.0289 e. The summed E-state index contributed by atoms with van der Waals surface area (Å²) in [5, 5.41) is 2.93. The maximum atomic E-state index is 2.36. The van der Waals surface area contributed by atoms with Gasteiger partial charge in [-0.3, -0.25) is 0 Å². The van der Waals surface area contributed by atoms with Gasteiger partial charge in [0.2, 0.25) is 0 Å². The molecule has 0 atom stereocenters. The van der Waals surface area contributed by atoms with Crippen LogP contribution >= 0.6 is 0 Å². The SMILES string of the molecule is C(C=[SiH]c1ccccc1)=[SiH]c1ccccc1. The zero-order valence-corrected chi connectivity index (χ0v) is 11.4. The molecular weight excluding hydrogens is 224 g/mol. The molecule has 0 heterocycles. The Bertz CT molecular complexity index is 425. The molecule has 0 radical (unpaired) electrons. The summed E-state index contributed by atoms with van der Waals surface area (Å²) in [5.74, 6) is 0. The maximum absolute atomic E-state index is 2.36. The summed E-state index contributed by atoms with van der Waals surface area (Å²) in [6.07, 6.45) is 0. The second kappa shape index (κ2) is 6.25. The maximum Gasteiger partial charge on any atom is 0.0289 e. The van der Waals surface area contributed by atoms with E-state index in [1.54, 1.807) is 0 Å². The molecule has 0 aliphatic carbocycles. The lowest BCUT2D eigenvalue weighted by molar-refractivity contribution is 1.77. The first-order valence-electron chi connectivity index (χ1n) is 5.40. The van der Waals surface area contributed by atoms with Gasteiger partial charge in [-0.05, 0) is 10.4 Å². The average Bonchev–Trinajstić information content (AvgIpc) is 2.37. The largest absolute Gasteiger partial charge is 0.0844 e. The molecule has 0 bridgehead atoms. The average molecular weight is 238 g/mol. The molecular formula is C14H14Si2. The molecule has 0 saturated carbocycles. The highest BCUT2D eigenvalue weighted by atomic mass is 28.2. The Morgan fingerprint density at radius 1 is 0.562 bits per heavy atom. The number of benzene rings is 2. The van der Waals surface area contributed by atoms with Gasteiger partial charge in [-0.25, -0.2) is 0 Å². The van der Waals surface area contributed by atoms with Crippen LogP contribution in [-0.2, 0) is 0 Å². The van der Waals surface area contributed by atoms with Gasteiger partial charge in [0, 0.05) is 18.3 Å². The summed E-state index contributed by atoms with van der Waals surface area (Å²) in [6, 6.07) is 21.4. The van der Waals surface area contributed by atoms with Gasteiger partial charge in [-0.2, -0.15) is 0 Å². The van der Waals surface area contributed by atoms with Crippen molar-refractivity contribution in [2.75, 3.05) is 0 Å². The lowest BCUT2D eigenvalue weighted by Crippen LogP contribution is -2.12. The van der Waals surface area contributed by atoms with Crippen molar-refractivity contribution >= 4 is 40.0 Å². The normalized spacial score (nSPS) is 11.2. The van der Waals surface area contributed by atoms with Gasteiger partial charge < -0.3 is 0 Å². The fraction of sp³-hybridized carbons (Fsp3) is 0. The summed E-state index contributed by atoms with van der Waals surface area (Å²) >= 11 is 0. The Kier molecular flexibility index (Phi) is 4.34. The van der Waals surface area contributed by atoms with Gasteiger partial charge in [-0.15, -0.1) is 0 Å². The Labute approximate surface area is 101 Å². The highest BCUT2D eigenvalue weighted by molar-refractivity contribution is 6.81. The van der Waals surface area contributed by atoms with Crippen molar-refractivity contribution in [2.24, 2.45) is 0 Å². The van der Waals surface area contributed by atoms with E-state index in [4.69, 9.17) is 0 Å². The zero-order chi connectivity index (χ0) is 11.1. The quantitative estimate of drug-likeness (QED) is 0.666. The van der Waals surface area contributed by atoms with Crippen molar-refractivity contribution in [3.05, 3.63) is 60.7 Å². The predicted molar refractivity (Wildman–Crippen MR) is 78.6 cm³/mol. The van der Waals surface area contributed by atoms with Crippen LogP contribution in [0.25, 0.3) is 0 Å². The van der Waals surface area contributed by atoms with Crippen LogP contribution in [0.2, 0.25) is 0 Å². The fourth-order valence-electron chi connectivity index (χ4n) is 1.46. The predicted octanol–water partition coefficient (Wildman–Crippen LogP) is 0.115. The van der Waals surface area contributed by atoms with Crippen molar-refractivity contribution in [1.82, 2.24) is 0 Å². The first-order chi connectivity index (χ1) is 7.95. The van der Waals surface area contributed by atoms with E-state index in [-0.39, 0.29) is 0 Å². The summed E-state index contributed by atoms with van der Waals surface area (Å²) in [5.41, 5.74) is 4.72. The van der Waals surface area contributed by atoms with E-state index in [0.717, 1.165) is 0 Å². The summed E-state index contributed by atoms with van der Waals surface area (Å²) in [4.78, 5) is 0. The molecule has 0 spiro atoms. The van der Waals surface area contributed by atoms with Crippen molar-refractivity contribution in [2.45, 2.75) is 0 Å². The Morgan fingerprint density at radius 3 is 1.31 bits per heavy atom. The third-order valence-electron chi connectivity index (χ3n) is 2.29. The number of hydrogen-bond donors (Lipinski definition) is 0. The minimum absolute atomic E-state index is 0.305. The van der Waals surface area contributed by atoms with Crippen molar-refractivity contribution in [3.63, 3.8) is 0 Å². The molecule has 0 N–H and O–H groups in total. The monoisotopic (exact) mass is 238 g/mol. The van der Waals surface area contributed by atoms with E-state index in [0.29, 0.717) is 18.3 Å². The van der Waals surface area contributed by atoms with Gasteiger partial charge in [-0.1, -0.05) is 72.0 Å². The van der Waals surface area contributed by atoms with E-state index in [1.165, 1.54) is 10.4 Å². The molecule has 0 nitrogen and oxygen atoms in total. The van der Waals surface area contributed by atoms with Crippen LogP contribution in [0.1, 0.15) is 0 Å². The minimum atomic E-state index is 0.305. The van der Waals surface area contributed by atoms with Crippen LogP contribution in [0.4, 0.5) is 0 Å². The molecule has 0 amide bonds. The van der Waals surface area contributed by atoms with Crippen molar-refractivity contribution < 1.29 is 0 Å². The lowest BCUT2D eigenvalue weighted by Gasteiger charge is -1.89. The molecule has 0 aliphatic heterocycles. The fourth-order valence-corrected chi connectivity index (χ4v) is 3.68. The van der Waals surface area contributed by atoms with Crippen LogP contribution < -0.4 is 10.4 Å². The van der Waals surface area contributed by atoms with Gasteiger partial charge in [0.1, 0.15) is 0 Å². The lowest BCUT2D eigenvalue weighted by atomic mass is 10.4. The van der Waals surface area contributed by atoms with Crippen LogP contribution in [-0.4, -0.2) is 29.6 Å². The molecule has 2 rings (SSSR count). The third kappa shape index (κ3) is 3.64. The van der Waals surface area contributed by atoms with Gasteiger partial charge in [0.25, 0.3) is 0 Å². The molecule has 0 unspecified atom stereocenters. The molecule has 78 valence electrons. The van der Waals surface area contributed by atoms with E-state index < -0.39 is 0 Å². The van der Waals surface area contributed by atoms with Gasteiger partial charge >= 0.3 is 0 Å². The Balaban J connectivity index is 1.98. The Hall–Kier alpha value is -1.39. The molecule has 0 saturated heterocycles. The summed E-state index contributed by atoms with van der Waals surface area (Å²) in [7, 11) is 0.609. The van der Waals surface area contributed by atoms with Crippen molar-refractivity contribution in [1.29, 1.82) is 0 Å². The van der Waals surface area contributed by atoms with Crippen LogP contribution in [0.15, 0.2) is 60.7 Å². The first kappa shape index (κ1) is 11.1. The number of hydrogen-bond acceptors (Lipinski definition) is 0. The summed E-state index contributed by atoms with van der Waals surface area (Å²) < 4.78 is 0. The molecule has 2 heteroatoms. The van der Waals surface area contributed by atoms with Crippen LogP contribution in [0.3, 0.4) is 0 Å². The molecule has 2 aromatic carbocycles. The molecule has 0 aromatic heterocycles. The highest BCUT2D eigenvalue weighted by Gasteiger charge is 1.82. The molecule has 0 fully saturated rings. The Morgan fingerprint density at radius 2 is 0.938 bits per heavy atom. The van der Waals surface area contributed by atoms with Crippen LogP contribution in [0.5, 0.6) is 0 Å². The molecule has 2 aromatic rings. The third-order valence-corrected chi connectivity index (χ3v) is 5.10. The van der Waals surface area contributed by atoms with Crippen molar-refractivity contribution in [3.8, 4) is 0 Å².